The molecule has 1 atom stereocenters. The van der Waals surface area contributed by atoms with Gasteiger partial charge in [-0.25, -0.2) is 14.0 Å². The Morgan fingerprint density at radius 1 is 1.38 bits per heavy atom. The van der Waals surface area contributed by atoms with Crippen molar-refractivity contribution in [3.05, 3.63) is 41.7 Å². The third-order valence-electron chi connectivity index (χ3n) is 3.36. The lowest BCUT2D eigenvalue weighted by molar-refractivity contribution is -0.138. The van der Waals surface area contributed by atoms with E-state index in [4.69, 9.17) is 10.5 Å². The molecule has 1 aliphatic rings. The molecule has 2 rings (SSSR count). The molecule has 0 aliphatic carbocycles. The maximum absolute atomic E-state index is 12.7. The van der Waals surface area contributed by atoms with Gasteiger partial charge >= 0.3 is 12.0 Å². The normalized spacial score (nSPS) is 18.1. The number of urea groups is 1. The van der Waals surface area contributed by atoms with Crippen molar-refractivity contribution in [2.45, 2.75) is 18.9 Å². The summed E-state index contributed by atoms with van der Waals surface area (Å²) < 4.78 is 17.8. The van der Waals surface area contributed by atoms with Crippen LogP contribution in [0.2, 0.25) is 0 Å². The van der Waals surface area contributed by atoms with E-state index in [-0.39, 0.29) is 18.5 Å². The topological polar surface area (TPSA) is 72.6 Å². The van der Waals surface area contributed by atoms with Crippen LogP contribution >= 0.6 is 0 Å². The van der Waals surface area contributed by atoms with Crippen LogP contribution in [0.3, 0.4) is 0 Å². The first kappa shape index (κ1) is 15.0. The number of amides is 2. The number of benzene rings is 1. The van der Waals surface area contributed by atoms with E-state index in [2.05, 4.69) is 0 Å². The molecule has 0 bridgehead atoms. The number of hydrogen-bond acceptors (Lipinski definition) is 3. The van der Waals surface area contributed by atoms with Crippen molar-refractivity contribution in [1.29, 1.82) is 0 Å². The fourth-order valence-corrected chi connectivity index (χ4v) is 2.26. The van der Waals surface area contributed by atoms with Gasteiger partial charge in [-0.3, -0.25) is 0 Å². The first-order chi connectivity index (χ1) is 10.1. The van der Waals surface area contributed by atoms with Gasteiger partial charge in [-0.15, -0.1) is 0 Å². The summed E-state index contributed by atoms with van der Waals surface area (Å²) in [5.41, 5.74) is 5.95. The van der Waals surface area contributed by atoms with Crippen molar-refractivity contribution in [3.63, 3.8) is 0 Å². The summed E-state index contributed by atoms with van der Waals surface area (Å²) in [7, 11) is 0. The molecule has 1 saturated heterocycles. The SMILES string of the molecule is NC(=O)N1CCCC1COC(=O)C=Cc1ccc(F)cc1. The zero-order valence-corrected chi connectivity index (χ0v) is 11.5. The zero-order chi connectivity index (χ0) is 15.2. The van der Waals surface area contributed by atoms with Crippen LogP contribution in [0.5, 0.6) is 0 Å². The van der Waals surface area contributed by atoms with Gasteiger partial charge in [0, 0.05) is 12.6 Å². The van der Waals surface area contributed by atoms with E-state index in [1.807, 2.05) is 0 Å². The van der Waals surface area contributed by atoms with Gasteiger partial charge in [0.05, 0.1) is 6.04 Å². The molecule has 1 heterocycles. The van der Waals surface area contributed by atoms with Crippen LogP contribution in [0, 0.1) is 5.82 Å². The Kier molecular flexibility index (Phi) is 4.92. The fraction of sp³-hybridized carbons (Fsp3) is 0.333. The number of rotatable bonds is 4. The van der Waals surface area contributed by atoms with Crippen LogP contribution in [0.25, 0.3) is 6.08 Å². The average molecular weight is 292 g/mol. The Labute approximate surface area is 122 Å². The predicted octanol–water partition coefficient (Wildman–Crippen LogP) is 1.93. The number of halogens is 1. The molecule has 0 spiro atoms. The summed E-state index contributed by atoms with van der Waals surface area (Å²) in [6.45, 7) is 0.735. The third kappa shape index (κ3) is 4.30. The summed E-state index contributed by atoms with van der Waals surface area (Å²) in [6.07, 6.45) is 4.45. The van der Waals surface area contributed by atoms with Gasteiger partial charge < -0.3 is 15.4 Å². The number of nitrogens with zero attached hydrogens (tertiary/aromatic N) is 1. The molecule has 2 amide bonds. The zero-order valence-electron chi connectivity index (χ0n) is 11.5. The molecule has 1 aromatic rings. The number of hydrogen-bond donors (Lipinski definition) is 1. The van der Waals surface area contributed by atoms with Crippen molar-refractivity contribution in [3.8, 4) is 0 Å². The van der Waals surface area contributed by atoms with Crippen LogP contribution in [-0.2, 0) is 9.53 Å². The number of carbonyl (C=O) groups excluding carboxylic acids is 2. The van der Waals surface area contributed by atoms with E-state index < -0.39 is 12.0 Å². The lowest BCUT2D eigenvalue weighted by Crippen LogP contribution is -2.41. The number of esters is 1. The molecule has 2 N–H and O–H groups in total. The van der Waals surface area contributed by atoms with Crippen molar-refractivity contribution in [2.24, 2.45) is 5.73 Å². The minimum absolute atomic E-state index is 0.134. The molecule has 0 aromatic heterocycles. The molecule has 1 fully saturated rings. The molecule has 1 aliphatic heterocycles. The highest BCUT2D eigenvalue weighted by Gasteiger charge is 2.27. The van der Waals surface area contributed by atoms with Gasteiger partial charge in [0.2, 0.25) is 0 Å². The van der Waals surface area contributed by atoms with Crippen LogP contribution in [0.4, 0.5) is 9.18 Å². The van der Waals surface area contributed by atoms with Gasteiger partial charge in [0.25, 0.3) is 0 Å². The van der Waals surface area contributed by atoms with Crippen LogP contribution in [0.1, 0.15) is 18.4 Å². The number of carbonyl (C=O) groups is 2. The molecule has 6 heteroatoms. The maximum atomic E-state index is 12.7. The van der Waals surface area contributed by atoms with E-state index in [0.717, 1.165) is 12.8 Å². The molecule has 0 radical (unpaired) electrons. The van der Waals surface area contributed by atoms with Crippen molar-refractivity contribution in [1.82, 2.24) is 4.90 Å². The van der Waals surface area contributed by atoms with Crippen molar-refractivity contribution >= 4 is 18.1 Å². The maximum Gasteiger partial charge on any atom is 0.330 e. The Bertz CT molecular complexity index is 542. The van der Waals surface area contributed by atoms with Crippen molar-refractivity contribution in [2.75, 3.05) is 13.2 Å². The minimum atomic E-state index is -0.504. The van der Waals surface area contributed by atoms with Gasteiger partial charge in [-0.1, -0.05) is 12.1 Å². The second kappa shape index (κ2) is 6.88. The summed E-state index contributed by atoms with van der Waals surface area (Å²) in [6, 6.07) is 5.11. The lowest BCUT2D eigenvalue weighted by Gasteiger charge is -2.21. The molecule has 21 heavy (non-hydrogen) atoms. The molecular weight excluding hydrogens is 275 g/mol. The highest BCUT2D eigenvalue weighted by molar-refractivity contribution is 5.87. The first-order valence-corrected chi connectivity index (χ1v) is 6.73. The highest BCUT2D eigenvalue weighted by Crippen LogP contribution is 2.17. The van der Waals surface area contributed by atoms with Gasteiger partial charge in [0.1, 0.15) is 12.4 Å². The quantitative estimate of drug-likeness (QED) is 0.680. The molecular formula is C15H17FN2O3. The highest BCUT2D eigenvalue weighted by atomic mass is 19.1. The molecule has 1 aromatic carbocycles. The molecule has 112 valence electrons. The minimum Gasteiger partial charge on any atom is -0.460 e. The second-order valence-electron chi connectivity index (χ2n) is 4.84. The average Bonchev–Trinajstić information content (AvgIpc) is 2.93. The second-order valence-corrected chi connectivity index (χ2v) is 4.84. The Morgan fingerprint density at radius 2 is 2.10 bits per heavy atom. The third-order valence-corrected chi connectivity index (χ3v) is 3.36. The fourth-order valence-electron chi connectivity index (χ4n) is 2.26. The summed E-state index contributed by atoms with van der Waals surface area (Å²) in [5.74, 6) is -0.835. The number of likely N-dealkylation sites (tertiary alicyclic amines) is 1. The van der Waals surface area contributed by atoms with E-state index >= 15 is 0 Å². The summed E-state index contributed by atoms with van der Waals surface area (Å²) >= 11 is 0. The Hall–Kier alpha value is -2.37. The Balaban J connectivity index is 1.82. The standard InChI is InChI=1S/C15H17FN2O3/c16-12-6-3-11(4-7-12)5-8-14(19)21-10-13-2-1-9-18(13)15(17)20/h3-8,13H,1-2,9-10H2,(H2,17,20). The van der Waals surface area contributed by atoms with E-state index in [1.165, 1.54) is 23.1 Å². The van der Waals surface area contributed by atoms with Crippen LogP contribution in [-0.4, -0.2) is 36.1 Å². The van der Waals surface area contributed by atoms with Crippen LogP contribution < -0.4 is 5.73 Å². The van der Waals surface area contributed by atoms with E-state index in [9.17, 15) is 14.0 Å². The molecule has 0 saturated carbocycles. The van der Waals surface area contributed by atoms with Crippen molar-refractivity contribution < 1.29 is 18.7 Å². The van der Waals surface area contributed by atoms with Gasteiger partial charge in [-0.05, 0) is 36.6 Å². The number of nitrogens with two attached hydrogens (primary N) is 1. The summed E-state index contributed by atoms with van der Waals surface area (Å²) in [5, 5.41) is 0. The number of ether oxygens (including phenoxy) is 1. The first-order valence-electron chi connectivity index (χ1n) is 6.73. The monoisotopic (exact) mass is 292 g/mol. The largest absolute Gasteiger partial charge is 0.460 e. The summed E-state index contributed by atoms with van der Waals surface area (Å²) in [4.78, 5) is 24.3. The number of primary amides is 1. The molecule has 5 nitrogen and oxygen atoms in total. The van der Waals surface area contributed by atoms with Gasteiger partial charge in [0.15, 0.2) is 0 Å². The van der Waals surface area contributed by atoms with Gasteiger partial charge in [-0.2, -0.15) is 0 Å². The van der Waals surface area contributed by atoms with Crippen LogP contribution in [0.15, 0.2) is 30.3 Å². The van der Waals surface area contributed by atoms with E-state index in [1.54, 1.807) is 18.2 Å². The molecule has 1 unspecified atom stereocenters. The smallest absolute Gasteiger partial charge is 0.330 e. The van der Waals surface area contributed by atoms with E-state index in [0.29, 0.717) is 12.1 Å². The Morgan fingerprint density at radius 3 is 2.76 bits per heavy atom. The predicted molar refractivity (Wildman–Crippen MR) is 75.7 cm³/mol. The lowest BCUT2D eigenvalue weighted by atomic mass is 10.2.